The van der Waals surface area contributed by atoms with E-state index in [9.17, 15) is 19.5 Å². The number of aliphatic hydroxyl groups excluding tert-OH is 1. The molecule has 254 valence electrons. The number of carbonyl (C=O) groups excluding carboxylic acids is 3. The van der Waals surface area contributed by atoms with Gasteiger partial charge in [-0.1, -0.05) is 19.1 Å². The van der Waals surface area contributed by atoms with Gasteiger partial charge >= 0.3 is 18.3 Å². The fourth-order valence-electron chi connectivity index (χ4n) is 5.25. The first kappa shape index (κ1) is 32.5. The molecule has 0 aromatic heterocycles. The standard InChI is InChI=1S/C32H33N3O13/c1-3-17-5-4-6-18(11-17)33-30(37)46-26-25(14-36)45-29(40-2)28(48-32(39)35-20-8-10-22-24(13-20)44-16-42-22)27(26)47-31(38)34-19-7-9-21-23(12-19)43-15-41-21/h4-13,25-29,36H,3,14-16H2,1-2H3,(H,33,37)(H,34,38)(H,35,39)/t25-,26+,27+,28+,29+/m1/s1. The molecule has 3 heterocycles. The van der Waals surface area contributed by atoms with E-state index in [1.54, 1.807) is 42.5 Å². The first-order valence-electron chi connectivity index (χ1n) is 14.9. The lowest BCUT2D eigenvalue weighted by Crippen LogP contribution is -2.63. The number of amides is 3. The summed E-state index contributed by atoms with van der Waals surface area (Å²) in [5, 5.41) is 18.0. The number of anilines is 3. The van der Waals surface area contributed by atoms with Crippen LogP contribution in [0.4, 0.5) is 31.4 Å². The number of nitrogens with one attached hydrogen (secondary N) is 3. The van der Waals surface area contributed by atoms with Crippen LogP contribution in [0.3, 0.4) is 0 Å². The highest BCUT2D eigenvalue weighted by Gasteiger charge is 2.53. The lowest BCUT2D eigenvalue weighted by atomic mass is 9.98. The molecule has 16 nitrogen and oxygen atoms in total. The molecule has 5 atom stereocenters. The molecule has 0 radical (unpaired) electrons. The van der Waals surface area contributed by atoms with Crippen LogP contribution >= 0.6 is 0 Å². The van der Waals surface area contributed by atoms with Crippen LogP contribution in [0.2, 0.25) is 0 Å². The third-order valence-electron chi connectivity index (χ3n) is 7.55. The number of carbonyl (C=O) groups is 3. The fourth-order valence-corrected chi connectivity index (χ4v) is 5.25. The molecule has 1 saturated heterocycles. The summed E-state index contributed by atoms with van der Waals surface area (Å²) in [6.07, 6.45) is -9.38. The van der Waals surface area contributed by atoms with E-state index in [4.69, 9.17) is 42.6 Å². The predicted octanol–water partition coefficient (Wildman–Crippen LogP) is 4.22. The average molecular weight is 668 g/mol. The molecule has 0 bridgehead atoms. The Labute approximate surface area is 274 Å². The third kappa shape index (κ3) is 7.41. The molecule has 6 rings (SSSR count). The van der Waals surface area contributed by atoms with Gasteiger partial charge < -0.3 is 47.7 Å². The van der Waals surface area contributed by atoms with Crippen molar-refractivity contribution in [3.05, 3.63) is 66.2 Å². The lowest BCUT2D eigenvalue weighted by molar-refractivity contribution is -0.290. The minimum absolute atomic E-state index is 0.0312. The maximum Gasteiger partial charge on any atom is 0.412 e. The molecule has 3 aromatic rings. The largest absolute Gasteiger partial charge is 0.454 e. The summed E-state index contributed by atoms with van der Waals surface area (Å²) < 4.78 is 49.7. The van der Waals surface area contributed by atoms with E-state index in [1.807, 2.05) is 13.0 Å². The van der Waals surface area contributed by atoms with E-state index in [-0.39, 0.29) is 13.6 Å². The molecule has 4 N–H and O–H groups in total. The van der Waals surface area contributed by atoms with Gasteiger partial charge in [0.2, 0.25) is 13.6 Å². The molecule has 3 aromatic carbocycles. The summed E-state index contributed by atoms with van der Waals surface area (Å²) >= 11 is 0. The zero-order valence-corrected chi connectivity index (χ0v) is 25.8. The number of aryl methyl sites for hydroxylation is 1. The van der Waals surface area contributed by atoms with E-state index in [2.05, 4.69) is 16.0 Å². The van der Waals surface area contributed by atoms with Crippen LogP contribution < -0.4 is 34.9 Å². The first-order chi connectivity index (χ1) is 23.3. The molecule has 3 amide bonds. The lowest BCUT2D eigenvalue weighted by Gasteiger charge is -2.43. The van der Waals surface area contributed by atoms with Crippen molar-refractivity contribution in [2.45, 2.75) is 44.1 Å². The van der Waals surface area contributed by atoms with Gasteiger partial charge in [0.05, 0.1) is 6.61 Å². The molecular weight excluding hydrogens is 634 g/mol. The SMILES string of the molecule is CCc1cccc(NC(=O)O[C@@H]2[C@H](OC(=O)Nc3ccc4c(c3)OCO4)[C@H](OC(=O)Nc3ccc4c(c3)OCO4)[C@@H](OC)O[C@@H]2CO)c1. The number of rotatable bonds is 9. The number of ether oxygens (including phenoxy) is 9. The first-order valence-corrected chi connectivity index (χ1v) is 14.9. The van der Waals surface area contributed by atoms with Crippen molar-refractivity contribution >= 4 is 35.3 Å². The molecule has 0 saturated carbocycles. The van der Waals surface area contributed by atoms with Crippen LogP contribution in [-0.4, -0.2) is 81.4 Å². The molecule has 0 aliphatic carbocycles. The van der Waals surface area contributed by atoms with Gasteiger partial charge in [0.25, 0.3) is 0 Å². The number of methoxy groups -OCH3 is 1. The molecule has 1 fully saturated rings. The monoisotopic (exact) mass is 667 g/mol. The van der Waals surface area contributed by atoms with Crippen molar-refractivity contribution in [1.82, 2.24) is 0 Å². The Morgan fingerprint density at radius 1 is 0.708 bits per heavy atom. The summed E-state index contributed by atoms with van der Waals surface area (Å²) in [5.41, 5.74) is 2.01. The molecule has 0 spiro atoms. The normalized spacial score (nSPS) is 21.9. The average Bonchev–Trinajstić information content (AvgIpc) is 3.75. The van der Waals surface area contributed by atoms with E-state index < -0.39 is 55.6 Å². The van der Waals surface area contributed by atoms with Gasteiger partial charge in [-0.2, -0.15) is 0 Å². The molecule has 16 heteroatoms. The van der Waals surface area contributed by atoms with E-state index in [0.29, 0.717) is 40.1 Å². The predicted molar refractivity (Wildman–Crippen MR) is 165 cm³/mol. The Morgan fingerprint density at radius 3 is 1.77 bits per heavy atom. The second-order valence-corrected chi connectivity index (χ2v) is 10.6. The van der Waals surface area contributed by atoms with E-state index >= 15 is 0 Å². The van der Waals surface area contributed by atoms with Gasteiger partial charge in [-0.15, -0.1) is 0 Å². The summed E-state index contributed by atoms with van der Waals surface area (Å²) in [6, 6.07) is 16.5. The third-order valence-corrected chi connectivity index (χ3v) is 7.55. The number of aliphatic hydroxyl groups is 1. The zero-order valence-electron chi connectivity index (χ0n) is 25.8. The quantitative estimate of drug-likeness (QED) is 0.238. The van der Waals surface area contributed by atoms with Crippen molar-refractivity contribution in [2.75, 3.05) is 43.3 Å². The number of benzene rings is 3. The second kappa shape index (κ2) is 14.5. The fraction of sp³-hybridized carbons (Fsp3) is 0.344. The van der Waals surface area contributed by atoms with Crippen LogP contribution in [0.1, 0.15) is 12.5 Å². The molecule has 0 unspecified atom stereocenters. The van der Waals surface area contributed by atoms with Gasteiger partial charge in [0.1, 0.15) is 6.10 Å². The summed E-state index contributed by atoms with van der Waals surface area (Å²) in [4.78, 5) is 39.7. The van der Waals surface area contributed by atoms with Crippen molar-refractivity contribution in [2.24, 2.45) is 0 Å². The summed E-state index contributed by atoms with van der Waals surface area (Å²) in [7, 11) is 1.27. The summed E-state index contributed by atoms with van der Waals surface area (Å²) in [5.74, 6) is 1.83. The Hall–Kier alpha value is -5.45. The van der Waals surface area contributed by atoms with E-state index in [0.717, 1.165) is 12.0 Å². The molecule has 3 aliphatic rings. The van der Waals surface area contributed by atoms with E-state index in [1.165, 1.54) is 19.2 Å². The van der Waals surface area contributed by atoms with Gasteiger partial charge in [-0.25, -0.2) is 14.4 Å². The highest BCUT2D eigenvalue weighted by molar-refractivity contribution is 5.87. The second-order valence-electron chi connectivity index (χ2n) is 10.6. The van der Waals surface area contributed by atoms with Gasteiger partial charge in [0, 0.05) is 36.3 Å². The van der Waals surface area contributed by atoms with Crippen molar-refractivity contribution in [3.63, 3.8) is 0 Å². The molecule has 3 aliphatic heterocycles. The highest BCUT2D eigenvalue weighted by atomic mass is 16.7. The smallest absolute Gasteiger partial charge is 0.412 e. The summed E-state index contributed by atoms with van der Waals surface area (Å²) in [6.45, 7) is 1.36. The van der Waals surface area contributed by atoms with Gasteiger partial charge in [-0.3, -0.25) is 16.0 Å². The van der Waals surface area contributed by atoms with Crippen molar-refractivity contribution < 1.29 is 62.1 Å². The zero-order chi connectivity index (χ0) is 33.6. The van der Waals surface area contributed by atoms with Crippen molar-refractivity contribution in [1.29, 1.82) is 0 Å². The number of hydrogen-bond acceptors (Lipinski definition) is 13. The van der Waals surface area contributed by atoms with Gasteiger partial charge in [0.15, 0.2) is 47.6 Å². The van der Waals surface area contributed by atoms with Crippen LogP contribution in [0, 0.1) is 0 Å². The van der Waals surface area contributed by atoms with Crippen LogP contribution in [0.15, 0.2) is 60.7 Å². The highest BCUT2D eigenvalue weighted by Crippen LogP contribution is 2.36. The maximum absolute atomic E-state index is 13.3. The minimum atomic E-state index is -1.55. The number of hydrogen-bond donors (Lipinski definition) is 4. The minimum Gasteiger partial charge on any atom is -0.454 e. The Morgan fingerprint density at radius 2 is 1.23 bits per heavy atom. The molecular formula is C32H33N3O13. The maximum atomic E-state index is 13.3. The van der Waals surface area contributed by atoms with Gasteiger partial charge in [-0.05, 0) is 48.4 Å². The van der Waals surface area contributed by atoms with Crippen LogP contribution in [-0.2, 0) is 30.1 Å². The molecule has 48 heavy (non-hydrogen) atoms. The Bertz CT molecular complexity index is 1650. The van der Waals surface area contributed by atoms with Crippen molar-refractivity contribution in [3.8, 4) is 23.0 Å². The Kier molecular flexibility index (Phi) is 9.84. The van der Waals surface area contributed by atoms with Crippen LogP contribution in [0.5, 0.6) is 23.0 Å². The number of fused-ring (bicyclic) bond motifs is 2. The van der Waals surface area contributed by atoms with Crippen LogP contribution in [0.25, 0.3) is 0 Å². The topological polar surface area (TPSA) is 191 Å². The Balaban J connectivity index is 1.24.